The number of primary amides is 1. The summed E-state index contributed by atoms with van der Waals surface area (Å²) in [4.78, 5) is 37.9. The van der Waals surface area contributed by atoms with E-state index in [4.69, 9.17) is 22.1 Å². The summed E-state index contributed by atoms with van der Waals surface area (Å²) in [6.07, 6.45) is 2.31. The van der Waals surface area contributed by atoms with E-state index < -0.39 is 11.9 Å². The van der Waals surface area contributed by atoms with Gasteiger partial charge in [0, 0.05) is 22.7 Å². The van der Waals surface area contributed by atoms with Crippen LogP contribution in [0.1, 0.15) is 35.2 Å². The zero-order chi connectivity index (χ0) is 20.1. The molecule has 1 aliphatic rings. The molecule has 146 valence electrons. The number of nitrogens with zero attached hydrogens (tertiary/aromatic N) is 1. The Balaban J connectivity index is 1.59. The third-order valence-electron chi connectivity index (χ3n) is 4.74. The Hall–Kier alpha value is -2.86. The molecule has 7 heteroatoms. The van der Waals surface area contributed by atoms with Crippen molar-refractivity contribution in [2.24, 2.45) is 5.73 Å². The molecule has 1 atom stereocenters. The van der Waals surface area contributed by atoms with Gasteiger partial charge in [-0.1, -0.05) is 11.6 Å². The number of nitrogens with two attached hydrogens (primary N) is 1. The molecule has 1 fully saturated rings. The minimum Gasteiger partial charge on any atom is -0.484 e. The Morgan fingerprint density at radius 3 is 2.21 bits per heavy atom. The highest BCUT2D eigenvalue weighted by molar-refractivity contribution is 6.30. The van der Waals surface area contributed by atoms with E-state index in [1.807, 2.05) is 0 Å². The molecule has 0 radical (unpaired) electrons. The Morgan fingerprint density at radius 2 is 1.61 bits per heavy atom. The monoisotopic (exact) mass is 400 g/mol. The van der Waals surface area contributed by atoms with Crippen LogP contribution in [-0.2, 0) is 9.59 Å². The Kier molecular flexibility index (Phi) is 6.31. The zero-order valence-corrected chi connectivity index (χ0v) is 16.0. The third-order valence-corrected chi connectivity index (χ3v) is 4.99. The molecule has 0 spiro atoms. The minimum atomic E-state index is -0.566. The lowest BCUT2D eigenvalue weighted by Gasteiger charge is -2.33. The highest BCUT2D eigenvalue weighted by atomic mass is 35.5. The van der Waals surface area contributed by atoms with Crippen LogP contribution in [-0.4, -0.2) is 41.7 Å². The summed E-state index contributed by atoms with van der Waals surface area (Å²) >= 11 is 5.84. The Morgan fingerprint density at radius 1 is 1.00 bits per heavy atom. The normalized spacial score (nSPS) is 16.5. The highest BCUT2D eigenvalue weighted by Crippen LogP contribution is 2.19. The smallest absolute Gasteiger partial charge is 0.261 e. The van der Waals surface area contributed by atoms with Crippen molar-refractivity contribution in [3.8, 4) is 5.75 Å². The number of carbonyl (C=O) groups is 3. The molecule has 1 saturated heterocycles. The first kappa shape index (κ1) is 19.9. The topological polar surface area (TPSA) is 89.7 Å². The maximum atomic E-state index is 12.5. The Bertz CT molecular complexity index is 865. The molecule has 0 aliphatic carbocycles. The van der Waals surface area contributed by atoms with Crippen LogP contribution in [0.25, 0.3) is 0 Å². The van der Waals surface area contributed by atoms with E-state index in [0.29, 0.717) is 34.9 Å². The van der Waals surface area contributed by atoms with Gasteiger partial charge in [0.2, 0.25) is 5.91 Å². The summed E-state index contributed by atoms with van der Waals surface area (Å²) < 4.78 is 5.53. The van der Waals surface area contributed by atoms with Crippen molar-refractivity contribution in [3.05, 3.63) is 64.7 Å². The molecule has 6 nitrogen and oxygen atoms in total. The van der Waals surface area contributed by atoms with Crippen molar-refractivity contribution in [1.82, 2.24) is 4.90 Å². The largest absolute Gasteiger partial charge is 0.484 e. The number of hydrogen-bond donors (Lipinski definition) is 1. The van der Waals surface area contributed by atoms with Crippen molar-refractivity contribution in [2.45, 2.75) is 25.3 Å². The number of ether oxygens (including phenoxy) is 1. The van der Waals surface area contributed by atoms with E-state index in [1.54, 1.807) is 48.5 Å². The van der Waals surface area contributed by atoms with Crippen LogP contribution in [0.2, 0.25) is 5.02 Å². The first-order valence-electron chi connectivity index (χ1n) is 9.07. The molecule has 0 unspecified atom stereocenters. The predicted octanol–water partition coefficient (Wildman–Crippen LogP) is 2.82. The second-order valence-electron chi connectivity index (χ2n) is 6.65. The number of halogens is 1. The molecular formula is C21H21ClN2O4. The molecular weight excluding hydrogens is 380 g/mol. The summed E-state index contributed by atoms with van der Waals surface area (Å²) in [6, 6.07) is 12.7. The number of carbonyl (C=O) groups excluding carboxylic acids is 3. The number of ketones is 1. The van der Waals surface area contributed by atoms with Gasteiger partial charge in [0.25, 0.3) is 5.91 Å². The van der Waals surface area contributed by atoms with Gasteiger partial charge in [0.1, 0.15) is 11.8 Å². The van der Waals surface area contributed by atoms with Gasteiger partial charge >= 0.3 is 0 Å². The Labute approximate surface area is 168 Å². The first-order valence-corrected chi connectivity index (χ1v) is 9.45. The standard InChI is InChI=1S/C21H21ClN2O4/c22-16-8-4-14(5-9-16)20(26)15-6-10-17(11-7-15)28-13-19(25)24-12-2-1-3-18(24)21(23)27/h4-11,18H,1-3,12-13H2,(H2,23,27)/t18-/m0/s1. The van der Waals surface area contributed by atoms with Crippen LogP contribution in [0.15, 0.2) is 48.5 Å². The van der Waals surface area contributed by atoms with Gasteiger partial charge in [-0.15, -0.1) is 0 Å². The summed E-state index contributed by atoms with van der Waals surface area (Å²) in [5, 5.41) is 0.567. The zero-order valence-electron chi connectivity index (χ0n) is 15.3. The minimum absolute atomic E-state index is 0.128. The van der Waals surface area contributed by atoms with Crippen molar-refractivity contribution in [1.29, 1.82) is 0 Å². The molecule has 0 bridgehead atoms. The van der Waals surface area contributed by atoms with Crippen LogP contribution in [0.4, 0.5) is 0 Å². The predicted molar refractivity (Wildman–Crippen MR) is 105 cm³/mol. The average molecular weight is 401 g/mol. The molecule has 2 amide bonds. The van der Waals surface area contributed by atoms with Gasteiger partial charge in [0.15, 0.2) is 12.4 Å². The van der Waals surface area contributed by atoms with Crippen molar-refractivity contribution >= 4 is 29.2 Å². The second-order valence-corrected chi connectivity index (χ2v) is 7.09. The van der Waals surface area contributed by atoms with E-state index in [-0.39, 0.29) is 18.3 Å². The fourth-order valence-corrected chi connectivity index (χ4v) is 3.35. The van der Waals surface area contributed by atoms with Crippen LogP contribution >= 0.6 is 11.6 Å². The van der Waals surface area contributed by atoms with E-state index >= 15 is 0 Å². The molecule has 0 aromatic heterocycles. The number of amides is 2. The average Bonchev–Trinajstić information content (AvgIpc) is 2.72. The van der Waals surface area contributed by atoms with Crippen LogP contribution in [0.3, 0.4) is 0 Å². The fourth-order valence-electron chi connectivity index (χ4n) is 3.22. The SMILES string of the molecule is NC(=O)[C@@H]1CCCCN1C(=O)COc1ccc(C(=O)c2ccc(Cl)cc2)cc1. The van der Waals surface area contributed by atoms with E-state index in [1.165, 1.54) is 4.90 Å². The number of piperidine rings is 1. The number of likely N-dealkylation sites (tertiary alicyclic amines) is 1. The molecule has 1 heterocycles. The van der Waals surface area contributed by atoms with Gasteiger partial charge in [-0.2, -0.15) is 0 Å². The molecule has 28 heavy (non-hydrogen) atoms. The van der Waals surface area contributed by atoms with E-state index in [2.05, 4.69) is 0 Å². The maximum Gasteiger partial charge on any atom is 0.261 e. The maximum absolute atomic E-state index is 12.5. The lowest BCUT2D eigenvalue weighted by Crippen LogP contribution is -2.51. The van der Waals surface area contributed by atoms with Gasteiger partial charge in [0.05, 0.1) is 0 Å². The van der Waals surface area contributed by atoms with Gasteiger partial charge < -0.3 is 15.4 Å². The van der Waals surface area contributed by atoms with Crippen molar-refractivity contribution < 1.29 is 19.1 Å². The molecule has 3 rings (SSSR count). The second kappa shape index (κ2) is 8.89. The summed E-state index contributed by atoms with van der Waals surface area (Å²) in [6.45, 7) is 0.318. The van der Waals surface area contributed by atoms with Gasteiger partial charge in [-0.25, -0.2) is 0 Å². The molecule has 0 saturated carbocycles. The lowest BCUT2D eigenvalue weighted by atomic mass is 10.0. The van der Waals surface area contributed by atoms with Crippen LogP contribution < -0.4 is 10.5 Å². The highest BCUT2D eigenvalue weighted by Gasteiger charge is 2.30. The summed E-state index contributed by atoms with van der Waals surface area (Å²) in [5.41, 5.74) is 6.43. The van der Waals surface area contributed by atoms with Crippen molar-refractivity contribution in [2.75, 3.05) is 13.2 Å². The fraction of sp³-hybridized carbons (Fsp3) is 0.286. The number of benzene rings is 2. The van der Waals surface area contributed by atoms with Gasteiger partial charge in [-0.05, 0) is 67.8 Å². The molecule has 2 aromatic carbocycles. The first-order chi connectivity index (χ1) is 13.5. The number of hydrogen-bond acceptors (Lipinski definition) is 4. The quantitative estimate of drug-likeness (QED) is 0.755. The summed E-state index contributed by atoms with van der Waals surface area (Å²) in [7, 11) is 0. The number of rotatable bonds is 6. The van der Waals surface area contributed by atoms with Crippen LogP contribution in [0, 0.1) is 0 Å². The van der Waals surface area contributed by atoms with Gasteiger partial charge in [-0.3, -0.25) is 14.4 Å². The molecule has 2 N–H and O–H groups in total. The molecule has 1 aliphatic heterocycles. The van der Waals surface area contributed by atoms with Crippen molar-refractivity contribution in [3.63, 3.8) is 0 Å². The molecule has 2 aromatic rings. The summed E-state index contributed by atoms with van der Waals surface area (Å²) in [5.74, 6) is -0.423. The lowest BCUT2D eigenvalue weighted by molar-refractivity contribution is -0.142. The van der Waals surface area contributed by atoms with Crippen LogP contribution in [0.5, 0.6) is 5.75 Å². The van der Waals surface area contributed by atoms with E-state index in [0.717, 1.165) is 12.8 Å². The third kappa shape index (κ3) is 4.70. The van der Waals surface area contributed by atoms with E-state index in [9.17, 15) is 14.4 Å².